The van der Waals surface area contributed by atoms with Crippen LogP contribution in [0.5, 0.6) is 0 Å². The zero-order valence-electron chi connectivity index (χ0n) is 14.1. The highest BCUT2D eigenvalue weighted by atomic mass is 35.5. The van der Waals surface area contributed by atoms with E-state index in [0.29, 0.717) is 12.2 Å². The standard InChI is InChI=1S/C19H18ClNO3S2/c1-14-7-9-16(10-8-14)26(23,24)21-13-18(15-5-3-2-4-6-15)25-12-11-17(20)19(21)22/h2-10,13,17H,11-12H2,1H3/b18-13-. The van der Waals surface area contributed by atoms with Crippen molar-refractivity contribution in [2.24, 2.45) is 0 Å². The zero-order chi connectivity index (χ0) is 18.7. The Morgan fingerprint density at radius 2 is 1.73 bits per heavy atom. The molecule has 3 rings (SSSR count). The molecule has 0 bridgehead atoms. The van der Waals surface area contributed by atoms with E-state index in [2.05, 4.69) is 0 Å². The van der Waals surface area contributed by atoms with Crippen molar-refractivity contribution in [2.75, 3.05) is 5.75 Å². The Bertz CT molecular complexity index is 925. The predicted octanol–water partition coefficient (Wildman–Crippen LogP) is 4.26. The number of alkyl halides is 1. The third-order valence-corrected chi connectivity index (χ3v) is 7.15. The van der Waals surface area contributed by atoms with Crippen LogP contribution in [0.15, 0.2) is 65.7 Å². The first kappa shape index (κ1) is 19.0. The lowest BCUT2D eigenvalue weighted by Crippen LogP contribution is -2.38. The van der Waals surface area contributed by atoms with Crippen LogP contribution in [0.25, 0.3) is 4.91 Å². The summed E-state index contributed by atoms with van der Waals surface area (Å²) in [6, 6.07) is 15.8. The number of benzene rings is 2. The smallest absolute Gasteiger partial charge is 0.270 e. The van der Waals surface area contributed by atoms with Gasteiger partial charge in [-0.1, -0.05) is 48.0 Å². The van der Waals surface area contributed by atoms with Gasteiger partial charge in [0.2, 0.25) is 0 Å². The van der Waals surface area contributed by atoms with Gasteiger partial charge in [0, 0.05) is 11.1 Å². The highest BCUT2D eigenvalue weighted by molar-refractivity contribution is 8.08. The summed E-state index contributed by atoms with van der Waals surface area (Å²) in [5.74, 6) is 0.0139. The third kappa shape index (κ3) is 3.98. The first-order valence-corrected chi connectivity index (χ1v) is 10.9. The lowest BCUT2D eigenvalue weighted by Gasteiger charge is -2.25. The quantitative estimate of drug-likeness (QED) is 0.713. The minimum Gasteiger partial charge on any atom is -0.272 e. The van der Waals surface area contributed by atoms with Crippen LogP contribution in [0.1, 0.15) is 17.5 Å². The molecule has 0 N–H and O–H groups in total. The van der Waals surface area contributed by atoms with Crippen LogP contribution < -0.4 is 0 Å². The van der Waals surface area contributed by atoms with E-state index in [0.717, 1.165) is 20.3 Å². The Kier molecular flexibility index (Phi) is 5.75. The summed E-state index contributed by atoms with van der Waals surface area (Å²) in [7, 11) is -4.03. The number of carbonyl (C=O) groups excluding carboxylic acids is 1. The number of sulfonamides is 1. The maximum atomic E-state index is 13.1. The molecule has 1 atom stereocenters. The van der Waals surface area contributed by atoms with Gasteiger partial charge in [0.1, 0.15) is 5.38 Å². The van der Waals surface area contributed by atoms with Gasteiger partial charge in [-0.25, -0.2) is 12.7 Å². The Balaban J connectivity index is 2.10. The van der Waals surface area contributed by atoms with E-state index >= 15 is 0 Å². The molecule has 2 aromatic carbocycles. The molecule has 0 aliphatic carbocycles. The number of nitrogens with zero attached hydrogens (tertiary/aromatic N) is 1. The van der Waals surface area contributed by atoms with Crippen molar-refractivity contribution in [1.82, 2.24) is 4.31 Å². The minimum atomic E-state index is -4.03. The summed E-state index contributed by atoms with van der Waals surface area (Å²) in [6.45, 7) is 1.87. The molecule has 1 amide bonds. The van der Waals surface area contributed by atoms with Gasteiger partial charge in [-0.2, -0.15) is 0 Å². The van der Waals surface area contributed by atoms with E-state index in [1.807, 2.05) is 37.3 Å². The van der Waals surface area contributed by atoms with Crippen LogP contribution in [-0.2, 0) is 14.8 Å². The molecule has 0 saturated carbocycles. The van der Waals surface area contributed by atoms with Gasteiger partial charge >= 0.3 is 0 Å². The molecule has 1 unspecified atom stereocenters. The summed E-state index contributed by atoms with van der Waals surface area (Å²) in [6.07, 6.45) is 1.79. The number of carbonyl (C=O) groups is 1. The largest absolute Gasteiger partial charge is 0.272 e. The number of hydrogen-bond donors (Lipinski definition) is 0. The molecule has 0 spiro atoms. The Labute approximate surface area is 162 Å². The highest BCUT2D eigenvalue weighted by Gasteiger charge is 2.33. The van der Waals surface area contributed by atoms with E-state index in [1.165, 1.54) is 30.1 Å². The fourth-order valence-electron chi connectivity index (χ4n) is 2.51. The molecule has 136 valence electrons. The Hall–Kier alpha value is -1.76. The normalized spacial score (nSPS) is 20.8. The molecule has 1 aliphatic heterocycles. The maximum Gasteiger partial charge on any atom is 0.270 e. The average molecular weight is 408 g/mol. The molecule has 1 aliphatic rings. The summed E-state index contributed by atoms with van der Waals surface area (Å²) in [4.78, 5) is 13.5. The van der Waals surface area contributed by atoms with Gasteiger partial charge in [0.15, 0.2) is 0 Å². The molecular formula is C19H18ClNO3S2. The van der Waals surface area contributed by atoms with Gasteiger partial charge in [0.25, 0.3) is 15.9 Å². The molecule has 0 saturated heterocycles. The van der Waals surface area contributed by atoms with E-state index in [9.17, 15) is 13.2 Å². The van der Waals surface area contributed by atoms with Crippen LogP contribution in [0.3, 0.4) is 0 Å². The van der Waals surface area contributed by atoms with Crippen LogP contribution >= 0.6 is 23.4 Å². The number of thioether (sulfide) groups is 1. The Morgan fingerprint density at radius 1 is 1.08 bits per heavy atom. The number of hydrogen-bond acceptors (Lipinski definition) is 4. The van der Waals surface area contributed by atoms with Crippen molar-refractivity contribution in [1.29, 1.82) is 0 Å². The molecule has 1 heterocycles. The van der Waals surface area contributed by atoms with Crippen LogP contribution in [0.4, 0.5) is 0 Å². The fourth-order valence-corrected chi connectivity index (χ4v) is 5.35. The number of halogens is 1. The second kappa shape index (κ2) is 7.86. The van der Waals surface area contributed by atoms with E-state index < -0.39 is 21.3 Å². The van der Waals surface area contributed by atoms with Crippen LogP contribution in [0.2, 0.25) is 0 Å². The molecule has 0 aromatic heterocycles. The molecule has 0 radical (unpaired) electrons. The van der Waals surface area contributed by atoms with E-state index in [1.54, 1.807) is 12.1 Å². The van der Waals surface area contributed by atoms with Crippen molar-refractivity contribution in [3.63, 3.8) is 0 Å². The molecule has 4 nitrogen and oxygen atoms in total. The summed E-state index contributed by atoms with van der Waals surface area (Å²) in [5, 5.41) is -0.878. The highest BCUT2D eigenvalue weighted by Crippen LogP contribution is 2.33. The molecule has 7 heteroatoms. The van der Waals surface area contributed by atoms with Gasteiger partial charge in [-0.3, -0.25) is 4.79 Å². The number of aryl methyl sites for hydroxylation is 1. The fraction of sp³-hybridized carbons (Fsp3) is 0.211. The first-order valence-electron chi connectivity index (χ1n) is 8.08. The monoisotopic (exact) mass is 407 g/mol. The zero-order valence-corrected chi connectivity index (χ0v) is 16.5. The molecule has 26 heavy (non-hydrogen) atoms. The molecule has 2 aromatic rings. The minimum absolute atomic E-state index is 0.0644. The second-order valence-corrected chi connectivity index (χ2v) is 9.39. The van der Waals surface area contributed by atoms with Crippen LogP contribution in [-0.4, -0.2) is 29.8 Å². The lowest BCUT2D eigenvalue weighted by molar-refractivity contribution is -0.124. The molecule has 0 fully saturated rings. The van der Waals surface area contributed by atoms with Gasteiger partial charge in [0.05, 0.1) is 4.90 Å². The predicted molar refractivity (Wildman–Crippen MR) is 106 cm³/mol. The maximum absolute atomic E-state index is 13.1. The van der Waals surface area contributed by atoms with Crippen molar-refractivity contribution in [3.8, 4) is 0 Å². The summed E-state index contributed by atoms with van der Waals surface area (Å²) >= 11 is 7.65. The van der Waals surface area contributed by atoms with Gasteiger partial charge in [-0.15, -0.1) is 23.4 Å². The van der Waals surface area contributed by atoms with Crippen LogP contribution in [0, 0.1) is 6.92 Å². The number of rotatable bonds is 3. The second-order valence-electron chi connectivity index (χ2n) is 5.92. The lowest BCUT2D eigenvalue weighted by atomic mass is 10.2. The topological polar surface area (TPSA) is 54.5 Å². The average Bonchev–Trinajstić information content (AvgIpc) is 2.63. The van der Waals surface area contributed by atoms with Gasteiger partial charge in [-0.05, 0) is 36.8 Å². The summed E-state index contributed by atoms with van der Waals surface area (Å²) in [5.41, 5.74) is 1.80. The van der Waals surface area contributed by atoms with E-state index in [-0.39, 0.29) is 4.90 Å². The van der Waals surface area contributed by atoms with E-state index in [4.69, 9.17) is 11.6 Å². The van der Waals surface area contributed by atoms with Gasteiger partial charge < -0.3 is 0 Å². The van der Waals surface area contributed by atoms with Crippen molar-refractivity contribution in [2.45, 2.75) is 23.6 Å². The molecular weight excluding hydrogens is 390 g/mol. The summed E-state index contributed by atoms with van der Waals surface area (Å²) < 4.78 is 27.0. The van der Waals surface area contributed by atoms with Crippen molar-refractivity contribution >= 4 is 44.2 Å². The third-order valence-electron chi connectivity index (χ3n) is 3.98. The Morgan fingerprint density at radius 3 is 2.38 bits per heavy atom. The van der Waals surface area contributed by atoms with Crippen molar-refractivity contribution in [3.05, 3.63) is 71.9 Å². The SMILES string of the molecule is Cc1ccc(S(=O)(=O)N2/C=C(/c3ccccc3)SCCC(Cl)C2=O)cc1. The number of amides is 1. The van der Waals surface area contributed by atoms with Crippen molar-refractivity contribution < 1.29 is 13.2 Å². The first-order chi connectivity index (χ1) is 12.4.